The third kappa shape index (κ3) is 3.69. The molecule has 116 valence electrons. The van der Waals surface area contributed by atoms with Gasteiger partial charge >= 0.3 is 6.61 Å². The predicted molar refractivity (Wildman–Crippen MR) is 76.6 cm³/mol. The number of carbonyl (C=O) groups excluding carboxylic acids is 1. The monoisotopic (exact) mass is 298 g/mol. The van der Waals surface area contributed by atoms with Gasteiger partial charge in [-0.15, -0.1) is 0 Å². The first-order chi connectivity index (χ1) is 10.1. The van der Waals surface area contributed by atoms with Gasteiger partial charge in [-0.25, -0.2) is 0 Å². The zero-order chi connectivity index (χ0) is 15.3. The van der Waals surface area contributed by atoms with E-state index in [1.54, 1.807) is 18.2 Å². The number of carbonyl (C=O) groups is 1. The van der Waals surface area contributed by atoms with Gasteiger partial charge in [0.05, 0.1) is 11.2 Å². The molecule has 1 atom stereocenters. The number of alkyl halides is 2. The fraction of sp³-hybridized carbons (Fsp3) is 0.533. The van der Waals surface area contributed by atoms with Crippen molar-refractivity contribution in [3.63, 3.8) is 0 Å². The zero-order valence-corrected chi connectivity index (χ0v) is 12.0. The lowest BCUT2D eigenvalue weighted by molar-refractivity contribution is -0.122. The van der Waals surface area contributed by atoms with Crippen molar-refractivity contribution >= 4 is 11.6 Å². The molecule has 1 aliphatic rings. The van der Waals surface area contributed by atoms with Gasteiger partial charge in [-0.3, -0.25) is 4.79 Å². The van der Waals surface area contributed by atoms with Crippen LogP contribution in [0.25, 0.3) is 0 Å². The summed E-state index contributed by atoms with van der Waals surface area (Å²) < 4.78 is 29.2. The normalized spacial score (nSPS) is 21.5. The lowest BCUT2D eigenvalue weighted by Crippen LogP contribution is -2.50. The summed E-state index contributed by atoms with van der Waals surface area (Å²) in [7, 11) is 0. The molecule has 0 aliphatic carbocycles. The second kappa shape index (κ2) is 6.85. The van der Waals surface area contributed by atoms with Crippen molar-refractivity contribution in [2.24, 2.45) is 0 Å². The van der Waals surface area contributed by atoms with E-state index in [4.69, 9.17) is 0 Å². The Balaban J connectivity index is 2.15. The van der Waals surface area contributed by atoms with Crippen LogP contribution in [0.15, 0.2) is 24.3 Å². The van der Waals surface area contributed by atoms with Crippen LogP contribution in [-0.2, 0) is 4.79 Å². The molecule has 0 saturated carbocycles. The van der Waals surface area contributed by atoms with E-state index in [1.165, 1.54) is 6.07 Å². The van der Waals surface area contributed by atoms with Gasteiger partial charge < -0.3 is 15.4 Å². The van der Waals surface area contributed by atoms with Gasteiger partial charge in [0.2, 0.25) is 5.91 Å². The first-order valence-corrected chi connectivity index (χ1v) is 7.18. The largest absolute Gasteiger partial charge is 0.433 e. The number of ether oxygens (including phenoxy) is 1. The second-order valence-corrected chi connectivity index (χ2v) is 5.19. The summed E-state index contributed by atoms with van der Waals surface area (Å²) in [6.07, 6.45) is 3.28. The minimum atomic E-state index is -2.92. The molecule has 2 N–H and O–H groups in total. The zero-order valence-electron chi connectivity index (χ0n) is 12.0. The SMILES string of the molecule is CCCC1(C(=O)Nc2ccccc2OC(F)F)CCCN1. The Morgan fingerprint density at radius 2 is 2.24 bits per heavy atom. The van der Waals surface area contributed by atoms with Crippen LogP contribution in [0.5, 0.6) is 5.75 Å². The van der Waals surface area contributed by atoms with Crippen molar-refractivity contribution in [2.75, 3.05) is 11.9 Å². The molecule has 0 bridgehead atoms. The van der Waals surface area contributed by atoms with Crippen LogP contribution in [0, 0.1) is 0 Å². The molecular formula is C15H20F2N2O2. The molecule has 1 heterocycles. The number of anilines is 1. The first kappa shape index (κ1) is 15.7. The summed E-state index contributed by atoms with van der Waals surface area (Å²) in [6.45, 7) is -0.108. The van der Waals surface area contributed by atoms with E-state index >= 15 is 0 Å². The van der Waals surface area contributed by atoms with E-state index in [0.717, 1.165) is 32.2 Å². The van der Waals surface area contributed by atoms with E-state index in [1.807, 2.05) is 6.92 Å². The Kier molecular flexibility index (Phi) is 5.12. The Morgan fingerprint density at radius 3 is 2.86 bits per heavy atom. The summed E-state index contributed by atoms with van der Waals surface area (Å²) in [6, 6.07) is 6.23. The second-order valence-electron chi connectivity index (χ2n) is 5.19. The van der Waals surface area contributed by atoms with Crippen LogP contribution in [0.4, 0.5) is 14.5 Å². The van der Waals surface area contributed by atoms with Gasteiger partial charge in [0.1, 0.15) is 5.75 Å². The van der Waals surface area contributed by atoms with Gasteiger partial charge in [-0.1, -0.05) is 25.5 Å². The molecule has 21 heavy (non-hydrogen) atoms. The van der Waals surface area contributed by atoms with Crippen LogP contribution in [-0.4, -0.2) is 24.6 Å². The van der Waals surface area contributed by atoms with Crippen molar-refractivity contribution < 1.29 is 18.3 Å². The topological polar surface area (TPSA) is 50.4 Å². The maximum atomic E-state index is 12.5. The summed E-state index contributed by atoms with van der Waals surface area (Å²) in [5.41, 5.74) is -0.334. The van der Waals surface area contributed by atoms with Gasteiger partial charge in [0, 0.05) is 0 Å². The highest BCUT2D eigenvalue weighted by molar-refractivity contribution is 5.99. The van der Waals surface area contributed by atoms with Gasteiger partial charge in [0.15, 0.2) is 0 Å². The van der Waals surface area contributed by atoms with E-state index in [2.05, 4.69) is 15.4 Å². The summed E-state index contributed by atoms with van der Waals surface area (Å²) >= 11 is 0. The highest BCUT2D eigenvalue weighted by atomic mass is 19.3. The molecule has 0 aromatic heterocycles. The Hall–Kier alpha value is -1.69. The van der Waals surface area contributed by atoms with Crippen molar-refractivity contribution in [2.45, 2.75) is 44.8 Å². The van der Waals surface area contributed by atoms with Crippen molar-refractivity contribution in [3.05, 3.63) is 24.3 Å². The number of rotatable bonds is 6. The number of amides is 1. The molecule has 1 fully saturated rings. The number of para-hydroxylation sites is 2. The molecule has 4 nitrogen and oxygen atoms in total. The average Bonchev–Trinajstić information content (AvgIpc) is 2.91. The number of hydrogen-bond acceptors (Lipinski definition) is 3. The molecule has 2 rings (SSSR count). The van der Waals surface area contributed by atoms with Crippen molar-refractivity contribution in [1.29, 1.82) is 0 Å². The molecule has 1 saturated heterocycles. The minimum absolute atomic E-state index is 0.0227. The van der Waals surface area contributed by atoms with Gasteiger partial charge in [0.25, 0.3) is 0 Å². The lowest BCUT2D eigenvalue weighted by atomic mass is 9.90. The van der Waals surface area contributed by atoms with Crippen LogP contribution in [0.1, 0.15) is 32.6 Å². The van der Waals surface area contributed by atoms with E-state index in [-0.39, 0.29) is 17.3 Å². The van der Waals surface area contributed by atoms with E-state index < -0.39 is 12.2 Å². The Bertz CT molecular complexity index is 488. The number of halogens is 2. The van der Waals surface area contributed by atoms with Crippen molar-refractivity contribution in [1.82, 2.24) is 5.32 Å². The van der Waals surface area contributed by atoms with Crippen LogP contribution in [0.3, 0.4) is 0 Å². The maximum absolute atomic E-state index is 12.5. The quantitative estimate of drug-likeness (QED) is 0.848. The first-order valence-electron chi connectivity index (χ1n) is 7.18. The lowest BCUT2D eigenvalue weighted by Gasteiger charge is -2.28. The fourth-order valence-corrected chi connectivity index (χ4v) is 2.76. The predicted octanol–water partition coefficient (Wildman–Crippen LogP) is 3.15. The smallest absolute Gasteiger partial charge is 0.387 e. The van der Waals surface area contributed by atoms with Crippen molar-refractivity contribution in [3.8, 4) is 5.75 Å². The summed E-state index contributed by atoms with van der Waals surface area (Å²) in [4.78, 5) is 12.5. The van der Waals surface area contributed by atoms with Crippen LogP contribution < -0.4 is 15.4 Å². The molecular weight excluding hydrogens is 278 g/mol. The molecule has 1 aliphatic heterocycles. The third-order valence-corrected chi connectivity index (χ3v) is 3.71. The summed E-state index contributed by atoms with van der Waals surface area (Å²) in [5, 5.41) is 5.97. The average molecular weight is 298 g/mol. The fourth-order valence-electron chi connectivity index (χ4n) is 2.76. The van der Waals surface area contributed by atoms with E-state index in [9.17, 15) is 13.6 Å². The third-order valence-electron chi connectivity index (χ3n) is 3.71. The highest BCUT2D eigenvalue weighted by Gasteiger charge is 2.40. The number of benzene rings is 1. The van der Waals surface area contributed by atoms with Gasteiger partial charge in [-0.2, -0.15) is 8.78 Å². The van der Waals surface area contributed by atoms with E-state index in [0.29, 0.717) is 0 Å². The molecule has 6 heteroatoms. The Morgan fingerprint density at radius 1 is 1.48 bits per heavy atom. The molecule has 1 aromatic carbocycles. The van der Waals surface area contributed by atoms with Crippen LogP contribution in [0.2, 0.25) is 0 Å². The minimum Gasteiger partial charge on any atom is -0.433 e. The standard InChI is InChI=1S/C15H20F2N2O2/c1-2-8-15(9-5-10-18-15)13(20)19-11-6-3-4-7-12(11)21-14(16)17/h3-4,6-7,14,18H,2,5,8-10H2,1H3,(H,19,20). The van der Waals surface area contributed by atoms with Gasteiger partial charge in [-0.05, 0) is 37.9 Å². The molecule has 1 aromatic rings. The number of nitrogens with one attached hydrogen (secondary N) is 2. The maximum Gasteiger partial charge on any atom is 0.387 e. The van der Waals surface area contributed by atoms with Crippen LogP contribution >= 0.6 is 0 Å². The molecule has 1 unspecified atom stereocenters. The number of hydrogen-bond donors (Lipinski definition) is 2. The summed E-state index contributed by atoms with van der Waals surface area (Å²) in [5.74, 6) is -0.210. The highest BCUT2D eigenvalue weighted by Crippen LogP contribution is 2.30. The molecule has 0 spiro atoms. The molecule has 1 amide bonds. The molecule has 0 radical (unpaired) electrons. The Labute approximate surface area is 122 Å².